The second kappa shape index (κ2) is 6.02. The molecule has 1 aromatic carbocycles. The molecule has 0 aliphatic heterocycles. The van der Waals surface area contributed by atoms with Gasteiger partial charge in [-0.1, -0.05) is 36.7 Å². The van der Waals surface area contributed by atoms with Crippen molar-refractivity contribution in [3.8, 4) is 0 Å². The third kappa shape index (κ3) is 4.94. The Kier molecular flexibility index (Phi) is 5.16. The van der Waals surface area contributed by atoms with E-state index in [0.29, 0.717) is 4.47 Å². The maximum atomic E-state index is 13.5. The summed E-state index contributed by atoms with van der Waals surface area (Å²) in [6, 6.07) is 2.21. The molecule has 0 atom stereocenters. The fraction of sp³-hybridized carbons (Fsp3) is 0.417. The van der Waals surface area contributed by atoms with Gasteiger partial charge in [0.1, 0.15) is 5.69 Å². The monoisotopic (exact) mass is 337 g/mol. The molecule has 18 heavy (non-hydrogen) atoms. The lowest BCUT2D eigenvalue weighted by molar-refractivity contribution is -0.113. The van der Waals surface area contributed by atoms with Gasteiger partial charge < -0.3 is 5.32 Å². The Bertz CT molecular complexity index is 437. The minimum Gasteiger partial charge on any atom is -0.320 e. The van der Waals surface area contributed by atoms with Crippen LogP contribution in [0.4, 0.5) is 14.5 Å². The number of carbonyl (C=O) groups is 1. The molecule has 0 heterocycles. The zero-order valence-electron chi connectivity index (χ0n) is 10.3. The third-order valence-corrected chi connectivity index (χ3v) is 3.64. The summed E-state index contributed by atoms with van der Waals surface area (Å²) >= 11 is 4.38. The summed E-state index contributed by atoms with van der Waals surface area (Å²) in [6.07, 6.45) is 0. The van der Waals surface area contributed by atoms with Crippen LogP contribution in [0.1, 0.15) is 20.8 Å². The van der Waals surface area contributed by atoms with E-state index in [1.807, 2.05) is 20.8 Å². The minimum atomic E-state index is -0.795. The van der Waals surface area contributed by atoms with E-state index in [4.69, 9.17) is 0 Å². The second-order valence-corrected chi connectivity index (χ2v) is 7.41. The summed E-state index contributed by atoms with van der Waals surface area (Å²) in [5.74, 6) is -1.86. The smallest absolute Gasteiger partial charge is 0.234 e. The maximum Gasteiger partial charge on any atom is 0.234 e. The molecule has 0 aromatic heterocycles. The fourth-order valence-corrected chi connectivity index (χ4v) is 2.16. The Morgan fingerprint density at radius 2 is 1.83 bits per heavy atom. The van der Waals surface area contributed by atoms with Gasteiger partial charge in [0, 0.05) is 9.22 Å². The SMILES string of the molecule is CC(C)(C)SCC(=O)Nc1c(F)cc(Br)cc1F. The lowest BCUT2D eigenvalue weighted by Crippen LogP contribution is -2.20. The van der Waals surface area contributed by atoms with Gasteiger partial charge in [-0.05, 0) is 12.1 Å². The number of hydrogen-bond donors (Lipinski definition) is 1. The lowest BCUT2D eigenvalue weighted by atomic mass is 10.3. The Morgan fingerprint density at radius 1 is 1.33 bits per heavy atom. The number of nitrogens with one attached hydrogen (secondary N) is 1. The highest BCUT2D eigenvalue weighted by Crippen LogP contribution is 2.26. The summed E-state index contributed by atoms with van der Waals surface area (Å²) in [6.45, 7) is 5.89. The second-order valence-electron chi connectivity index (χ2n) is 4.69. The Balaban J connectivity index is 2.71. The van der Waals surface area contributed by atoms with E-state index in [1.54, 1.807) is 0 Å². The molecule has 0 fully saturated rings. The molecule has 0 aliphatic carbocycles. The van der Waals surface area contributed by atoms with Crippen molar-refractivity contribution >= 4 is 39.3 Å². The highest BCUT2D eigenvalue weighted by molar-refractivity contribution is 9.10. The lowest BCUT2D eigenvalue weighted by Gasteiger charge is -2.17. The van der Waals surface area contributed by atoms with E-state index in [-0.39, 0.29) is 10.5 Å². The molecule has 1 rings (SSSR count). The number of anilines is 1. The van der Waals surface area contributed by atoms with Crippen LogP contribution in [0, 0.1) is 11.6 Å². The van der Waals surface area contributed by atoms with Crippen LogP contribution in [-0.2, 0) is 4.79 Å². The molecule has 0 bridgehead atoms. The first-order valence-electron chi connectivity index (χ1n) is 5.27. The van der Waals surface area contributed by atoms with Crippen LogP contribution in [0.25, 0.3) is 0 Å². The Morgan fingerprint density at radius 3 is 2.28 bits per heavy atom. The van der Waals surface area contributed by atoms with Crippen LogP contribution in [0.15, 0.2) is 16.6 Å². The molecule has 0 saturated heterocycles. The van der Waals surface area contributed by atoms with E-state index >= 15 is 0 Å². The van der Waals surface area contributed by atoms with Crippen LogP contribution in [0.3, 0.4) is 0 Å². The van der Waals surface area contributed by atoms with Crippen LogP contribution < -0.4 is 5.32 Å². The molecule has 0 aliphatic rings. The van der Waals surface area contributed by atoms with Gasteiger partial charge >= 0.3 is 0 Å². The number of thioether (sulfide) groups is 1. The molecule has 1 aromatic rings. The van der Waals surface area contributed by atoms with Gasteiger partial charge in [0.25, 0.3) is 0 Å². The highest BCUT2D eigenvalue weighted by Gasteiger charge is 2.16. The molecule has 0 spiro atoms. The van der Waals surface area contributed by atoms with Gasteiger partial charge in [0.05, 0.1) is 5.75 Å². The van der Waals surface area contributed by atoms with Crippen LogP contribution in [0.2, 0.25) is 0 Å². The molecule has 0 radical (unpaired) electrons. The van der Waals surface area contributed by atoms with Crippen molar-refractivity contribution in [1.29, 1.82) is 0 Å². The topological polar surface area (TPSA) is 29.1 Å². The van der Waals surface area contributed by atoms with E-state index in [1.165, 1.54) is 11.8 Å². The van der Waals surface area contributed by atoms with Crippen LogP contribution >= 0.6 is 27.7 Å². The van der Waals surface area contributed by atoms with E-state index in [9.17, 15) is 13.6 Å². The first-order chi connectivity index (χ1) is 8.19. The van der Waals surface area contributed by atoms with Crippen molar-refractivity contribution in [3.63, 3.8) is 0 Å². The molecule has 1 N–H and O–H groups in total. The predicted molar refractivity (Wildman–Crippen MR) is 74.9 cm³/mol. The molecule has 0 saturated carbocycles. The van der Waals surface area contributed by atoms with Crippen molar-refractivity contribution in [2.24, 2.45) is 0 Å². The molecule has 2 nitrogen and oxygen atoms in total. The number of rotatable bonds is 3. The number of carbonyl (C=O) groups excluding carboxylic acids is 1. The molecule has 100 valence electrons. The van der Waals surface area contributed by atoms with Crippen molar-refractivity contribution in [1.82, 2.24) is 0 Å². The fourth-order valence-electron chi connectivity index (χ4n) is 1.12. The van der Waals surface area contributed by atoms with E-state index in [0.717, 1.165) is 12.1 Å². The van der Waals surface area contributed by atoms with Crippen molar-refractivity contribution in [3.05, 3.63) is 28.2 Å². The summed E-state index contributed by atoms with van der Waals surface area (Å²) in [5, 5.41) is 2.25. The van der Waals surface area contributed by atoms with Gasteiger partial charge in [0.15, 0.2) is 11.6 Å². The summed E-state index contributed by atoms with van der Waals surface area (Å²) in [7, 11) is 0. The van der Waals surface area contributed by atoms with Crippen molar-refractivity contribution < 1.29 is 13.6 Å². The minimum absolute atomic E-state index is 0.0753. The predicted octanol–water partition coefficient (Wildman–Crippen LogP) is 4.20. The average molecular weight is 338 g/mol. The summed E-state index contributed by atoms with van der Waals surface area (Å²) < 4.78 is 27.1. The van der Waals surface area contributed by atoms with Crippen molar-refractivity contribution in [2.45, 2.75) is 25.5 Å². The van der Waals surface area contributed by atoms with Gasteiger partial charge in [-0.2, -0.15) is 0 Å². The highest BCUT2D eigenvalue weighted by atomic mass is 79.9. The first-order valence-corrected chi connectivity index (χ1v) is 7.05. The quantitative estimate of drug-likeness (QED) is 0.895. The van der Waals surface area contributed by atoms with Gasteiger partial charge in [-0.25, -0.2) is 8.78 Å². The van der Waals surface area contributed by atoms with E-state index < -0.39 is 23.2 Å². The summed E-state index contributed by atoms with van der Waals surface area (Å²) in [5.41, 5.74) is -0.405. The number of benzene rings is 1. The first kappa shape index (κ1) is 15.4. The average Bonchev–Trinajstić information content (AvgIpc) is 2.19. The zero-order chi connectivity index (χ0) is 13.9. The maximum absolute atomic E-state index is 13.5. The number of amides is 1. The normalized spacial score (nSPS) is 11.4. The Labute approximate surface area is 118 Å². The zero-order valence-corrected chi connectivity index (χ0v) is 12.7. The molecular formula is C12H14BrF2NOS. The van der Waals surface area contributed by atoms with Gasteiger partial charge in [-0.3, -0.25) is 4.79 Å². The standard InChI is InChI=1S/C12H14BrF2NOS/c1-12(2,3)18-6-10(17)16-11-8(14)4-7(13)5-9(11)15/h4-5H,6H2,1-3H3,(H,16,17). The molecule has 6 heteroatoms. The van der Waals surface area contributed by atoms with Crippen molar-refractivity contribution in [2.75, 3.05) is 11.1 Å². The van der Waals surface area contributed by atoms with E-state index in [2.05, 4.69) is 21.2 Å². The van der Waals surface area contributed by atoms with Gasteiger partial charge in [-0.15, -0.1) is 11.8 Å². The molecule has 1 amide bonds. The molecule has 0 unspecified atom stereocenters. The third-order valence-electron chi connectivity index (χ3n) is 1.91. The number of halogens is 3. The van der Waals surface area contributed by atoms with Crippen LogP contribution in [-0.4, -0.2) is 16.4 Å². The largest absolute Gasteiger partial charge is 0.320 e. The number of hydrogen-bond acceptors (Lipinski definition) is 2. The van der Waals surface area contributed by atoms with Crippen LogP contribution in [0.5, 0.6) is 0 Å². The Hall–Kier alpha value is -0.620. The summed E-state index contributed by atoms with van der Waals surface area (Å²) in [4.78, 5) is 11.6. The molecular weight excluding hydrogens is 324 g/mol. The van der Waals surface area contributed by atoms with Gasteiger partial charge in [0.2, 0.25) is 5.91 Å².